The third-order valence-electron chi connectivity index (χ3n) is 3.60. The van der Waals surface area contributed by atoms with Crippen LogP contribution in [-0.2, 0) is 6.42 Å². The van der Waals surface area contributed by atoms with Crippen LogP contribution in [0.3, 0.4) is 0 Å². The molecule has 0 radical (unpaired) electrons. The van der Waals surface area contributed by atoms with Gasteiger partial charge >= 0.3 is 0 Å². The maximum absolute atomic E-state index is 6.60. The van der Waals surface area contributed by atoms with E-state index >= 15 is 0 Å². The van der Waals surface area contributed by atoms with E-state index in [0.717, 1.165) is 28.1 Å². The third-order valence-corrected chi connectivity index (χ3v) is 4.32. The molecular weight excluding hydrogens is 287 g/mol. The molecule has 0 saturated carbocycles. The van der Waals surface area contributed by atoms with Crippen LogP contribution in [0.1, 0.15) is 47.4 Å². The fourth-order valence-electron chi connectivity index (χ4n) is 2.34. The summed E-state index contributed by atoms with van der Waals surface area (Å²) in [6.45, 7) is 4.26. The van der Waals surface area contributed by atoms with Crippen molar-refractivity contribution in [1.82, 2.24) is 0 Å². The fourth-order valence-corrected chi connectivity index (χ4v) is 2.95. The van der Waals surface area contributed by atoms with Crippen molar-refractivity contribution >= 4 is 23.2 Å². The van der Waals surface area contributed by atoms with Crippen LogP contribution in [0, 0.1) is 6.92 Å². The quantitative estimate of drug-likeness (QED) is 0.567. The van der Waals surface area contributed by atoms with Crippen LogP contribution in [0.15, 0.2) is 42.5 Å². The van der Waals surface area contributed by atoms with Crippen LogP contribution in [0.25, 0.3) is 0 Å². The van der Waals surface area contributed by atoms with Gasteiger partial charge in [0.05, 0.1) is 5.38 Å². The van der Waals surface area contributed by atoms with Gasteiger partial charge in [-0.25, -0.2) is 0 Å². The van der Waals surface area contributed by atoms with Gasteiger partial charge in [-0.1, -0.05) is 55.3 Å². The zero-order valence-corrected chi connectivity index (χ0v) is 13.5. The van der Waals surface area contributed by atoms with E-state index in [-0.39, 0.29) is 5.38 Å². The van der Waals surface area contributed by atoms with Crippen molar-refractivity contribution in [1.29, 1.82) is 0 Å². The molecule has 106 valence electrons. The number of aryl methyl sites for hydroxylation is 2. The van der Waals surface area contributed by atoms with E-state index < -0.39 is 0 Å². The van der Waals surface area contributed by atoms with E-state index in [1.54, 1.807) is 0 Å². The maximum atomic E-state index is 6.60. The van der Waals surface area contributed by atoms with Crippen molar-refractivity contribution in [3.05, 3.63) is 69.7 Å². The van der Waals surface area contributed by atoms with E-state index in [1.807, 2.05) is 25.1 Å². The lowest BCUT2D eigenvalue weighted by Crippen LogP contribution is -1.97. The molecule has 0 aliphatic heterocycles. The molecule has 0 bridgehead atoms. The van der Waals surface area contributed by atoms with E-state index in [4.69, 9.17) is 23.2 Å². The van der Waals surface area contributed by atoms with Crippen LogP contribution >= 0.6 is 23.2 Å². The number of hydrogen-bond donors (Lipinski definition) is 0. The molecule has 0 fully saturated rings. The second kappa shape index (κ2) is 7.15. The Morgan fingerprint density at radius 2 is 1.75 bits per heavy atom. The molecule has 1 unspecified atom stereocenters. The molecule has 2 heteroatoms. The van der Waals surface area contributed by atoms with E-state index in [0.29, 0.717) is 0 Å². The Balaban J connectivity index is 2.18. The first-order chi connectivity index (χ1) is 9.61. The highest BCUT2D eigenvalue weighted by molar-refractivity contribution is 6.30. The van der Waals surface area contributed by atoms with E-state index in [1.165, 1.54) is 18.4 Å². The SMILES string of the molecule is CCCCc1ccc(C(Cl)c2ccc(Cl)cc2C)cc1. The predicted octanol–water partition coefficient (Wildman–Crippen LogP) is 6.32. The molecule has 0 saturated heterocycles. The summed E-state index contributed by atoms with van der Waals surface area (Å²) in [6.07, 6.45) is 3.60. The molecule has 1 atom stereocenters. The highest BCUT2D eigenvalue weighted by atomic mass is 35.5. The number of benzene rings is 2. The zero-order valence-electron chi connectivity index (χ0n) is 12.0. The number of alkyl halides is 1. The number of halogens is 2. The Hall–Kier alpha value is -0.980. The van der Waals surface area contributed by atoms with E-state index in [9.17, 15) is 0 Å². The Bertz CT molecular complexity index is 558. The summed E-state index contributed by atoms with van der Waals surface area (Å²) in [5.41, 5.74) is 4.77. The number of hydrogen-bond acceptors (Lipinski definition) is 0. The Morgan fingerprint density at radius 3 is 2.35 bits per heavy atom. The summed E-state index contributed by atoms with van der Waals surface area (Å²) in [6, 6.07) is 14.5. The van der Waals surface area contributed by atoms with Crippen molar-refractivity contribution in [2.24, 2.45) is 0 Å². The molecule has 2 aromatic rings. The van der Waals surface area contributed by atoms with Gasteiger partial charge in [-0.05, 0) is 54.2 Å². The largest absolute Gasteiger partial charge is 0.113 e. The molecule has 0 heterocycles. The third kappa shape index (κ3) is 3.77. The van der Waals surface area contributed by atoms with Gasteiger partial charge in [-0.3, -0.25) is 0 Å². The fraction of sp³-hybridized carbons (Fsp3) is 0.333. The smallest absolute Gasteiger partial charge is 0.0838 e. The molecular formula is C18H20Cl2. The van der Waals surface area contributed by atoms with Crippen LogP contribution in [0.5, 0.6) is 0 Å². The molecule has 0 aliphatic rings. The summed E-state index contributed by atoms with van der Waals surface area (Å²) in [7, 11) is 0. The molecule has 20 heavy (non-hydrogen) atoms. The summed E-state index contributed by atoms with van der Waals surface area (Å²) in [5.74, 6) is 0. The van der Waals surface area contributed by atoms with Gasteiger partial charge in [0, 0.05) is 5.02 Å². The average molecular weight is 307 g/mol. The van der Waals surface area contributed by atoms with Gasteiger partial charge < -0.3 is 0 Å². The van der Waals surface area contributed by atoms with Crippen molar-refractivity contribution < 1.29 is 0 Å². The second-order valence-electron chi connectivity index (χ2n) is 5.21. The summed E-state index contributed by atoms with van der Waals surface area (Å²) in [5, 5.41) is 0.637. The lowest BCUT2D eigenvalue weighted by atomic mass is 9.98. The Labute approximate surface area is 131 Å². The minimum absolute atomic E-state index is 0.118. The number of rotatable bonds is 5. The molecule has 0 N–H and O–H groups in total. The van der Waals surface area contributed by atoms with Gasteiger partial charge in [0.25, 0.3) is 0 Å². The normalized spacial score (nSPS) is 12.4. The monoisotopic (exact) mass is 306 g/mol. The second-order valence-corrected chi connectivity index (χ2v) is 6.08. The van der Waals surface area contributed by atoms with Crippen LogP contribution in [0.2, 0.25) is 5.02 Å². The first kappa shape index (κ1) is 15.4. The van der Waals surface area contributed by atoms with Crippen molar-refractivity contribution in [3.63, 3.8) is 0 Å². The Kier molecular flexibility index (Phi) is 5.51. The first-order valence-electron chi connectivity index (χ1n) is 7.10. The highest BCUT2D eigenvalue weighted by Gasteiger charge is 2.13. The van der Waals surface area contributed by atoms with Crippen molar-refractivity contribution in [3.8, 4) is 0 Å². The standard InChI is InChI=1S/C18H20Cl2/c1-3-4-5-14-6-8-15(9-7-14)18(20)17-11-10-16(19)12-13(17)2/h6-12,18H,3-5H2,1-2H3. The molecule has 0 aliphatic carbocycles. The molecule has 0 spiro atoms. The molecule has 2 rings (SSSR count). The average Bonchev–Trinajstić information content (AvgIpc) is 2.45. The van der Waals surface area contributed by atoms with Crippen LogP contribution in [-0.4, -0.2) is 0 Å². The van der Waals surface area contributed by atoms with E-state index in [2.05, 4.69) is 31.2 Å². The minimum Gasteiger partial charge on any atom is -0.113 e. The molecule has 2 aromatic carbocycles. The topological polar surface area (TPSA) is 0 Å². The van der Waals surface area contributed by atoms with Crippen LogP contribution < -0.4 is 0 Å². The van der Waals surface area contributed by atoms with Gasteiger partial charge in [0.15, 0.2) is 0 Å². The summed E-state index contributed by atoms with van der Waals surface area (Å²) < 4.78 is 0. The molecule has 0 amide bonds. The highest BCUT2D eigenvalue weighted by Crippen LogP contribution is 2.32. The zero-order chi connectivity index (χ0) is 14.5. The summed E-state index contributed by atoms with van der Waals surface area (Å²) >= 11 is 12.6. The van der Waals surface area contributed by atoms with Crippen molar-refractivity contribution in [2.75, 3.05) is 0 Å². The van der Waals surface area contributed by atoms with Gasteiger partial charge in [-0.2, -0.15) is 0 Å². The maximum Gasteiger partial charge on any atom is 0.0838 e. The van der Waals surface area contributed by atoms with Crippen molar-refractivity contribution in [2.45, 2.75) is 38.5 Å². The van der Waals surface area contributed by atoms with Crippen LogP contribution in [0.4, 0.5) is 0 Å². The predicted molar refractivity (Wildman–Crippen MR) is 88.9 cm³/mol. The first-order valence-corrected chi connectivity index (χ1v) is 7.92. The van der Waals surface area contributed by atoms with Gasteiger partial charge in [0.2, 0.25) is 0 Å². The number of unbranched alkanes of at least 4 members (excludes halogenated alkanes) is 1. The molecule has 0 nitrogen and oxygen atoms in total. The minimum atomic E-state index is -0.118. The summed E-state index contributed by atoms with van der Waals surface area (Å²) in [4.78, 5) is 0. The Morgan fingerprint density at radius 1 is 1.05 bits per heavy atom. The lowest BCUT2D eigenvalue weighted by molar-refractivity contribution is 0.794. The molecule has 0 aromatic heterocycles. The van der Waals surface area contributed by atoms with Gasteiger partial charge in [-0.15, -0.1) is 11.6 Å². The lowest BCUT2D eigenvalue weighted by Gasteiger charge is -2.14. The van der Waals surface area contributed by atoms with Gasteiger partial charge in [0.1, 0.15) is 0 Å².